The van der Waals surface area contributed by atoms with Gasteiger partial charge in [0.1, 0.15) is 18.2 Å². The van der Waals surface area contributed by atoms with Crippen molar-refractivity contribution < 1.29 is 28.5 Å². The second-order valence-corrected chi connectivity index (χ2v) is 9.58. The van der Waals surface area contributed by atoms with Gasteiger partial charge in [-0.2, -0.15) is 0 Å². The molecule has 1 aromatic carbocycles. The first-order valence-electron chi connectivity index (χ1n) is 11.1. The lowest BCUT2D eigenvalue weighted by Crippen LogP contribution is -2.46. The van der Waals surface area contributed by atoms with Crippen LogP contribution in [0.3, 0.4) is 0 Å². The molecule has 2 heterocycles. The van der Waals surface area contributed by atoms with Gasteiger partial charge in [-0.15, -0.1) is 0 Å². The van der Waals surface area contributed by atoms with Crippen LogP contribution in [0.15, 0.2) is 30.3 Å². The Morgan fingerprint density at radius 3 is 2.32 bits per heavy atom. The first kappa shape index (κ1) is 24.1. The SMILES string of the molecule is CC(C)OC(=O)[C@@H](C[C@@H]1OC(C)(C)O[C@@H]1[C@H]1COC(C)(C)O1)N[C@@H](C)c1ccccc1. The van der Waals surface area contributed by atoms with E-state index >= 15 is 0 Å². The zero-order valence-corrected chi connectivity index (χ0v) is 19.7. The molecule has 0 unspecified atom stereocenters. The zero-order chi connectivity index (χ0) is 22.8. The van der Waals surface area contributed by atoms with Crippen LogP contribution in [0.25, 0.3) is 0 Å². The molecule has 1 aromatic rings. The molecule has 2 aliphatic rings. The predicted octanol–water partition coefficient (Wildman–Crippen LogP) is 3.72. The molecule has 0 aliphatic carbocycles. The fourth-order valence-electron chi connectivity index (χ4n) is 4.16. The van der Waals surface area contributed by atoms with E-state index in [1.54, 1.807) is 0 Å². The largest absolute Gasteiger partial charge is 0.462 e. The number of esters is 1. The Balaban J connectivity index is 1.76. The molecule has 2 saturated heterocycles. The molecule has 174 valence electrons. The molecular formula is C24H37NO6. The number of carbonyl (C=O) groups excluding carboxylic acids is 1. The molecule has 7 heteroatoms. The molecular weight excluding hydrogens is 398 g/mol. The first-order valence-corrected chi connectivity index (χ1v) is 11.1. The topological polar surface area (TPSA) is 75.3 Å². The van der Waals surface area contributed by atoms with E-state index in [0.29, 0.717) is 13.0 Å². The minimum Gasteiger partial charge on any atom is -0.462 e. The van der Waals surface area contributed by atoms with Crippen LogP contribution in [0.4, 0.5) is 0 Å². The summed E-state index contributed by atoms with van der Waals surface area (Å²) in [6.45, 7) is 13.7. The molecule has 31 heavy (non-hydrogen) atoms. The van der Waals surface area contributed by atoms with Crippen LogP contribution in [-0.2, 0) is 28.5 Å². The highest BCUT2D eigenvalue weighted by molar-refractivity contribution is 5.76. The Labute approximate surface area is 185 Å². The minimum atomic E-state index is -0.775. The van der Waals surface area contributed by atoms with E-state index in [-0.39, 0.29) is 36.4 Å². The maximum absolute atomic E-state index is 13.0. The quantitative estimate of drug-likeness (QED) is 0.624. The van der Waals surface area contributed by atoms with Gasteiger partial charge in [0.2, 0.25) is 0 Å². The van der Waals surface area contributed by atoms with Crippen LogP contribution in [0.1, 0.15) is 66.5 Å². The summed E-state index contributed by atoms with van der Waals surface area (Å²) < 4.78 is 29.7. The lowest BCUT2D eigenvalue weighted by Gasteiger charge is -2.28. The van der Waals surface area contributed by atoms with E-state index in [1.165, 1.54) is 0 Å². The summed E-state index contributed by atoms with van der Waals surface area (Å²) in [5.74, 6) is -1.74. The van der Waals surface area contributed by atoms with Gasteiger partial charge >= 0.3 is 5.97 Å². The average Bonchev–Trinajstić information content (AvgIpc) is 3.19. The standard InChI is InChI=1S/C24H37NO6/c1-15(2)28-22(26)18(25-16(3)17-11-9-8-10-12-17)13-19-21(31-24(6,7)29-19)20-14-27-23(4,5)30-20/h8-12,15-16,18-21,25H,13-14H2,1-7H3/t16-,18+,19-,20+,21-/m0/s1. The number of rotatable bonds is 8. The predicted molar refractivity (Wildman–Crippen MR) is 116 cm³/mol. The van der Waals surface area contributed by atoms with E-state index in [2.05, 4.69) is 5.32 Å². The number of carbonyl (C=O) groups is 1. The zero-order valence-electron chi connectivity index (χ0n) is 19.7. The number of nitrogens with one attached hydrogen (secondary N) is 1. The van der Waals surface area contributed by atoms with Gasteiger partial charge in [0.05, 0.1) is 18.8 Å². The maximum atomic E-state index is 13.0. The second kappa shape index (κ2) is 9.55. The molecule has 1 N–H and O–H groups in total. The van der Waals surface area contributed by atoms with Crippen molar-refractivity contribution in [3.63, 3.8) is 0 Å². The van der Waals surface area contributed by atoms with Crippen molar-refractivity contribution in [3.8, 4) is 0 Å². The maximum Gasteiger partial charge on any atom is 0.323 e. The Morgan fingerprint density at radius 2 is 1.74 bits per heavy atom. The summed E-state index contributed by atoms with van der Waals surface area (Å²) in [4.78, 5) is 13.0. The third-order valence-corrected chi connectivity index (χ3v) is 5.47. The molecule has 0 bridgehead atoms. The van der Waals surface area contributed by atoms with Gasteiger partial charge in [0, 0.05) is 12.5 Å². The number of benzene rings is 1. The van der Waals surface area contributed by atoms with Gasteiger partial charge in [-0.25, -0.2) is 0 Å². The number of hydrogen-bond acceptors (Lipinski definition) is 7. The van der Waals surface area contributed by atoms with Crippen LogP contribution in [-0.4, -0.2) is 54.6 Å². The van der Waals surface area contributed by atoms with Crippen molar-refractivity contribution in [2.24, 2.45) is 0 Å². The first-order chi connectivity index (χ1) is 14.5. The fourth-order valence-corrected chi connectivity index (χ4v) is 4.16. The lowest BCUT2D eigenvalue weighted by molar-refractivity contribution is -0.174. The van der Waals surface area contributed by atoms with E-state index < -0.39 is 17.6 Å². The molecule has 0 aromatic heterocycles. The molecule has 0 radical (unpaired) electrons. The number of hydrogen-bond donors (Lipinski definition) is 1. The van der Waals surface area contributed by atoms with Gasteiger partial charge in [0.25, 0.3) is 0 Å². The van der Waals surface area contributed by atoms with Crippen molar-refractivity contribution in [3.05, 3.63) is 35.9 Å². The summed E-state index contributed by atoms with van der Waals surface area (Å²) in [5, 5.41) is 3.44. The van der Waals surface area contributed by atoms with Crippen molar-refractivity contribution in [2.45, 2.75) is 103 Å². The molecule has 0 saturated carbocycles. The van der Waals surface area contributed by atoms with E-state index in [4.69, 9.17) is 23.7 Å². The van der Waals surface area contributed by atoms with Crippen LogP contribution in [0.5, 0.6) is 0 Å². The summed E-state index contributed by atoms with van der Waals surface area (Å²) in [6.07, 6.45) is -0.770. The van der Waals surface area contributed by atoms with E-state index in [0.717, 1.165) is 5.56 Å². The van der Waals surface area contributed by atoms with Crippen molar-refractivity contribution in [1.29, 1.82) is 0 Å². The third-order valence-electron chi connectivity index (χ3n) is 5.47. The molecule has 2 fully saturated rings. The summed E-state index contributed by atoms with van der Waals surface area (Å²) in [5.41, 5.74) is 1.10. The average molecular weight is 436 g/mol. The lowest BCUT2D eigenvalue weighted by atomic mass is 9.99. The molecule has 0 amide bonds. The minimum absolute atomic E-state index is 0.0373. The molecule has 3 rings (SSSR count). The van der Waals surface area contributed by atoms with Crippen molar-refractivity contribution in [1.82, 2.24) is 5.32 Å². The van der Waals surface area contributed by atoms with Gasteiger partial charge in [-0.05, 0) is 54.0 Å². The van der Waals surface area contributed by atoms with Gasteiger partial charge in [0.15, 0.2) is 11.6 Å². The molecule has 5 atom stereocenters. The van der Waals surface area contributed by atoms with Crippen LogP contribution < -0.4 is 5.32 Å². The van der Waals surface area contributed by atoms with E-state index in [9.17, 15) is 4.79 Å². The summed E-state index contributed by atoms with van der Waals surface area (Å²) in [7, 11) is 0. The Bertz CT molecular complexity index is 735. The van der Waals surface area contributed by atoms with Gasteiger partial charge in [-0.1, -0.05) is 30.3 Å². The van der Waals surface area contributed by atoms with Crippen LogP contribution in [0.2, 0.25) is 0 Å². The van der Waals surface area contributed by atoms with Crippen LogP contribution in [0, 0.1) is 0 Å². The summed E-state index contributed by atoms with van der Waals surface area (Å²) in [6, 6.07) is 9.43. The Morgan fingerprint density at radius 1 is 1.06 bits per heavy atom. The smallest absolute Gasteiger partial charge is 0.323 e. The third kappa shape index (κ3) is 6.49. The van der Waals surface area contributed by atoms with Crippen molar-refractivity contribution >= 4 is 5.97 Å². The van der Waals surface area contributed by atoms with Crippen molar-refractivity contribution in [2.75, 3.05) is 6.61 Å². The van der Waals surface area contributed by atoms with Gasteiger partial charge in [-0.3, -0.25) is 10.1 Å². The van der Waals surface area contributed by atoms with Crippen LogP contribution >= 0.6 is 0 Å². The second-order valence-electron chi connectivity index (χ2n) is 9.58. The van der Waals surface area contributed by atoms with E-state index in [1.807, 2.05) is 78.8 Å². The molecule has 0 spiro atoms. The highest BCUT2D eigenvalue weighted by Gasteiger charge is 2.50. The fraction of sp³-hybridized carbons (Fsp3) is 0.708. The van der Waals surface area contributed by atoms with Gasteiger partial charge < -0.3 is 23.7 Å². The monoisotopic (exact) mass is 435 g/mol. The molecule has 2 aliphatic heterocycles. The molecule has 7 nitrogen and oxygen atoms in total. The normalized spacial score (nSPS) is 29.1. The number of ether oxygens (including phenoxy) is 5. The Kier molecular flexibility index (Phi) is 7.43. The Hall–Kier alpha value is -1.51. The summed E-state index contributed by atoms with van der Waals surface area (Å²) >= 11 is 0. The highest BCUT2D eigenvalue weighted by Crippen LogP contribution is 2.37. The highest BCUT2D eigenvalue weighted by atomic mass is 16.8.